The molecule has 21 heavy (non-hydrogen) atoms. The Morgan fingerprint density at radius 2 is 1.76 bits per heavy atom. The van der Waals surface area contributed by atoms with Gasteiger partial charge in [-0.05, 0) is 18.6 Å². The number of rotatable bonds is 4. The summed E-state index contributed by atoms with van der Waals surface area (Å²) in [6.07, 6.45) is -3.46. The van der Waals surface area contributed by atoms with Crippen molar-refractivity contribution in [3.63, 3.8) is 0 Å². The molecule has 0 saturated heterocycles. The molecule has 1 aromatic rings. The number of hydrogen-bond acceptors (Lipinski definition) is 7. The number of aliphatic hydroxyl groups is 4. The second-order valence-corrected chi connectivity index (χ2v) is 5.20. The van der Waals surface area contributed by atoms with Crippen LogP contribution >= 0.6 is 0 Å². The van der Waals surface area contributed by atoms with Crippen LogP contribution in [0.25, 0.3) is 0 Å². The van der Waals surface area contributed by atoms with Gasteiger partial charge in [-0.25, -0.2) is 0 Å². The third-order valence-corrected chi connectivity index (χ3v) is 3.82. The monoisotopic (exact) mass is 298 g/mol. The third-order valence-electron chi connectivity index (χ3n) is 3.82. The zero-order valence-electron chi connectivity index (χ0n) is 11.2. The fraction of sp³-hybridized carbons (Fsp3) is 0.538. The number of aliphatic hydroxyl groups excluding tert-OH is 4. The van der Waals surface area contributed by atoms with Gasteiger partial charge in [0.2, 0.25) is 0 Å². The molecule has 0 aliphatic heterocycles. The largest absolute Gasteiger partial charge is 0.396 e. The van der Waals surface area contributed by atoms with E-state index in [-0.39, 0.29) is 18.7 Å². The van der Waals surface area contributed by atoms with Crippen LogP contribution in [0.15, 0.2) is 24.3 Å². The molecule has 2 rings (SSSR count). The van der Waals surface area contributed by atoms with E-state index in [0.29, 0.717) is 5.69 Å². The molecule has 0 aromatic heterocycles. The molecule has 1 saturated carbocycles. The second kappa shape index (κ2) is 6.35. The Morgan fingerprint density at radius 1 is 1.14 bits per heavy atom. The number of nitrogens with one attached hydrogen (secondary N) is 1. The van der Waals surface area contributed by atoms with Gasteiger partial charge in [0.15, 0.2) is 0 Å². The fourth-order valence-corrected chi connectivity index (χ4v) is 2.54. The molecule has 0 radical (unpaired) electrons. The zero-order valence-corrected chi connectivity index (χ0v) is 11.2. The molecule has 1 fully saturated rings. The first-order valence-corrected chi connectivity index (χ1v) is 6.60. The van der Waals surface area contributed by atoms with Crippen LogP contribution in [-0.2, 0) is 0 Å². The van der Waals surface area contributed by atoms with Gasteiger partial charge in [-0.1, -0.05) is 0 Å². The van der Waals surface area contributed by atoms with Gasteiger partial charge in [0.05, 0.1) is 17.1 Å². The molecule has 8 nitrogen and oxygen atoms in total. The summed E-state index contributed by atoms with van der Waals surface area (Å²) >= 11 is 0. The normalized spacial score (nSPS) is 32.7. The Bertz CT molecular complexity index is 492. The Hall–Kier alpha value is -1.74. The van der Waals surface area contributed by atoms with Crippen LogP contribution < -0.4 is 5.32 Å². The predicted molar refractivity (Wildman–Crippen MR) is 73.7 cm³/mol. The Labute approximate surface area is 120 Å². The van der Waals surface area contributed by atoms with Crippen LogP contribution in [0, 0.1) is 16.0 Å². The highest BCUT2D eigenvalue weighted by Crippen LogP contribution is 2.28. The lowest BCUT2D eigenvalue weighted by Gasteiger charge is -2.40. The van der Waals surface area contributed by atoms with Crippen molar-refractivity contribution >= 4 is 11.4 Å². The van der Waals surface area contributed by atoms with Gasteiger partial charge in [-0.15, -0.1) is 0 Å². The van der Waals surface area contributed by atoms with E-state index < -0.39 is 35.2 Å². The van der Waals surface area contributed by atoms with Crippen molar-refractivity contribution in [2.75, 3.05) is 11.9 Å². The summed E-state index contributed by atoms with van der Waals surface area (Å²) in [5, 5.41) is 52.2. The highest BCUT2D eigenvalue weighted by atomic mass is 16.6. The second-order valence-electron chi connectivity index (χ2n) is 5.20. The van der Waals surface area contributed by atoms with Crippen molar-refractivity contribution in [2.24, 2.45) is 5.92 Å². The lowest BCUT2D eigenvalue weighted by molar-refractivity contribution is -0.384. The van der Waals surface area contributed by atoms with Crippen LogP contribution in [0.2, 0.25) is 0 Å². The quantitative estimate of drug-likeness (QED) is 0.372. The first kappa shape index (κ1) is 15.6. The molecule has 1 aliphatic rings. The summed E-state index contributed by atoms with van der Waals surface area (Å²) in [5.41, 5.74) is 0.498. The summed E-state index contributed by atoms with van der Waals surface area (Å²) in [7, 11) is 0. The van der Waals surface area contributed by atoms with Gasteiger partial charge in [-0.3, -0.25) is 10.1 Å². The number of nitro benzene ring substituents is 1. The van der Waals surface area contributed by atoms with E-state index in [1.807, 2.05) is 0 Å². The van der Waals surface area contributed by atoms with Crippen LogP contribution in [0.4, 0.5) is 11.4 Å². The number of anilines is 1. The average Bonchev–Trinajstić information content (AvgIpc) is 2.48. The highest BCUT2D eigenvalue weighted by Gasteiger charge is 2.42. The van der Waals surface area contributed by atoms with Crippen LogP contribution in [0.1, 0.15) is 6.42 Å². The van der Waals surface area contributed by atoms with Crippen LogP contribution in [-0.4, -0.2) is 56.3 Å². The topological polar surface area (TPSA) is 136 Å². The fourth-order valence-electron chi connectivity index (χ4n) is 2.54. The summed E-state index contributed by atoms with van der Waals surface area (Å²) in [6.45, 7) is -0.302. The molecule has 0 spiro atoms. The summed E-state index contributed by atoms with van der Waals surface area (Å²) in [4.78, 5) is 10.1. The van der Waals surface area contributed by atoms with Crippen molar-refractivity contribution < 1.29 is 25.3 Å². The highest BCUT2D eigenvalue weighted by molar-refractivity contribution is 5.49. The van der Waals surface area contributed by atoms with Crippen molar-refractivity contribution in [3.05, 3.63) is 34.4 Å². The number of hydrogen-bond donors (Lipinski definition) is 5. The van der Waals surface area contributed by atoms with Gasteiger partial charge in [0, 0.05) is 30.3 Å². The Balaban J connectivity index is 2.08. The summed E-state index contributed by atoms with van der Waals surface area (Å²) in [5.74, 6) is -0.543. The van der Waals surface area contributed by atoms with Gasteiger partial charge in [0.25, 0.3) is 5.69 Å². The van der Waals surface area contributed by atoms with E-state index in [4.69, 9.17) is 0 Å². The molecule has 116 valence electrons. The van der Waals surface area contributed by atoms with E-state index >= 15 is 0 Å². The van der Waals surface area contributed by atoms with Gasteiger partial charge in [0.1, 0.15) is 12.2 Å². The van der Waals surface area contributed by atoms with Gasteiger partial charge < -0.3 is 25.7 Å². The van der Waals surface area contributed by atoms with Crippen molar-refractivity contribution in [3.8, 4) is 0 Å². The molecule has 5 N–H and O–H groups in total. The Morgan fingerprint density at radius 3 is 2.29 bits per heavy atom. The SMILES string of the molecule is O=[N+]([O-])c1ccc(NC2CC(CO)C(O)C(O)C2O)cc1. The lowest BCUT2D eigenvalue weighted by atomic mass is 9.79. The first-order chi connectivity index (χ1) is 9.93. The number of non-ortho nitro benzene ring substituents is 1. The molecule has 5 unspecified atom stereocenters. The average molecular weight is 298 g/mol. The maximum Gasteiger partial charge on any atom is 0.269 e. The van der Waals surface area contributed by atoms with Gasteiger partial charge in [-0.2, -0.15) is 0 Å². The molecular weight excluding hydrogens is 280 g/mol. The molecular formula is C13H18N2O6. The van der Waals surface area contributed by atoms with E-state index in [9.17, 15) is 30.5 Å². The standard InChI is InChI=1S/C13H18N2O6/c16-6-7-5-10(12(18)13(19)11(7)17)14-8-1-3-9(4-2-8)15(20)21/h1-4,7,10-14,16-19H,5-6H2. The minimum Gasteiger partial charge on any atom is -0.396 e. The van der Waals surface area contributed by atoms with Crippen molar-refractivity contribution in [1.29, 1.82) is 0 Å². The van der Waals surface area contributed by atoms with E-state index in [0.717, 1.165) is 0 Å². The molecule has 1 aliphatic carbocycles. The van der Waals surface area contributed by atoms with Gasteiger partial charge >= 0.3 is 0 Å². The molecule has 0 heterocycles. The molecule has 0 bridgehead atoms. The summed E-state index contributed by atoms with van der Waals surface area (Å²) in [6, 6.07) is 5.08. The molecule has 5 atom stereocenters. The first-order valence-electron chi connectivity index (χ1n) is 6.60. The lowest BCUT2D eigenvalue weighted by Crippen LogP contribution is -2.56. The minimum atomic E-state index is -1.36. The van der Waals surface area contributed by atoms with E-state index in [1.165, 1.54) is 24.3 Å². The molecule has 1 aromatic carbocycles. The van der Waals surface area contributed by atoms with E-state index in [1.54, 1.807) is 0 Å². The van der Waals surface area contributed by atoms with E-state index in [2.05, 4.69) is 5.32 Å². The van der Waals surface area contributed by atoms with Crippen LogP contribution in [0.5, 0.6) is 0 Å². The smallest absolute Gasteiger partial charge is 0.269 e. The zero-order chi connectivity index (χ0) is 15.6. The maximum absolute atomic E-state index is 10.6. The Kier molecular flexibility index (Phi) is 4.73. The number of nitrogens with zero attached hydrogens (tertiary/aromatic N) is 1. The molecule has 0 amide bonds. The number of nitro groups is 1. The molecule has 8 heteroatoms. The third kappa shape index (κ3) is 3.30. The summed E-state index contributed by atoms with van der Waals surface area (Å²) < 4.78 is 0. The van der Waals surface area contributed by atoms with Crippen molar-refractivity contribution in [2.45, 2.75) is 30.8 Å². The number of benzene rings is 1. The maximum atomic E-state index is 10.6. The predicted octanol–water partition coefficient (Wildman–Crippen LogP) is -0.530. The van der Waals surface area contributed by atoms with Crippen LogP contribution in [0.3, 0.4) is 0 Å². The minimum absolute atomic E-state index is 0.0477. The van der Waals surface area contributed by atoms with Crippen molar-refractivity contribution in [1.82, 2.24) is 0 Å².